The van der Waals surface area contributed by atoms with Gasteiger partial charge in [-0.1, -0.05) is 0 Å². The lowest BCUT2D eigenvalue weighted by atomic mass is 9.72. The van der Waals surface area contributed by atoms with E-state index < -0.39 is 5.91 Å². The van der Waals surface area contributed by atoms with Crippen LogP contribution in [0.2, 0.25) is 0 Å². The first-order chi connectivity index (χ1) is 12.7. The Labute approximate surface area is 164 Å². The Balaban J connectivity index is 0.00000210. The van der Waals surface area contributed by atoms with Gasteiger partial charge in [-0.15, -0.1) is 12.4 Å². The molecule has 2 aromatic heterocycles. The molecule has 2 aromatic rings. The zero-order valence-corrected chi connectivity index (χ0v) is 15.7. The number of nitrogens with zero attached hydrogens (tertiary/aromatic N) is 5. The van der Waals surface area contributed by atoms with Crippen molar-refractivity contribution in [3.05, 3.63) is 48.0 Å². The fourth-order valence-corrected chi connectivity index (χ4v) is 3.92. The smallest absolute Gasteiger partial charge is 0.277 e. The molecule has 27 heavy (non-hydrogen) atoms. The summed E-state index contributed by atoms with van der Waals surface area (Å²) in [6, 6.07) is 4.15. The van der Waals surface area contributed by atoms with Crippen LogP contribution in [0.1, 0.15) is 28.8 Å². The number of pyridine rings is 1. The Bertz CT molecular complexity index is 757. The van der Waals surface area contributed by atoms with Crippen LogP contribution in [-0.4, -0.2) is 57.1 Å². The average molecular weight is 391 g/mol. The molecule has 4 heterocycles. The van der Waals surface area contributed by atoms with Gasteiger partial charge in [0.25, 0.3) is 5.91 Å². The highest BCUT2D eigenvalue weighted by molar-refractivity contribution is 5.92. The number of anilines is 1. The Morgan fingerprint density at radius 3 is 2.37 bits per heavy atom. The molecule has 1 spiro atoms. The molecular formula is C18H23ClN6O2. The molecule has 2 fully saturated rings. The van der Waals surface area contributed by atoms with Gasteiger partial charge >= 0.3 is 0 Å². The summed E-state index contributed by atoms with van der Waals surface area (Å²) in [4.78, 5) is 28.6. The van der Waals surface area contributed by atoms with E-state index in [2.05, 4.69) is 36.9 Å². The van der Waals surface area contributed by atoms with Crippen molar-refractivity contribution >= 4 is 24.3 Å². The number of amides is 1. The van der Waals surface area contributed by atoms with Crippen molar-refractivity contribution in [1.29, 1.82) is 0 Å². The quantitative estimate of drug-likeness (QED) is 0.603. The van der Waals surface area contributed by atoms with E-state index in [9.17, 15) is 4.79 Å². The second-order valence-corrected chi connectivity index (χ2v) is 7.20. The Hall–Kier alpha value is -2.29. The molecule has 0 saturated carbocycles. The molecule has 1 amide bonds. The maximum absolute atomic E-state index is 11.3. The number of piperidine rings is 1. The van der Waals surface area contributed by atoms with Crippen molar-refractivity contribution in [2.45, 2.75) is 19.4 Å². The van der Waals surface area contributed by atoms with E-state index in [-0.39, 0.29) is 18.0 Å². The maximum Gasteiger partial charge on any atom is 0.277 e. The lowest BCUT2D eigenvalue weighted by Crippen LogP contribution is -2.59. The number of halogens is 1. The van der Waals surface area contributed by atoms with Crippen molar-refractivity contribution in [2.24, 2.45) is 5.41 Å². The summed E-state index contributed by atoms with van der Waals surface area (Å²) >= 11 is 0. The van der Waals surface area contributed by atoms with Crippen LogP contribution >= 0.6 is 12.4 Å². The van der Waals surface area contributed by atoms with Gasteiger partial charge in [0, 0.05) is 57.5 Å². The van der Waals surface area contributed by atoms with Crippen molar-refractivity contribution in [2.75, 3.05) is 31.1 Å². The summed E-state index contributed by atoms with van der Waals surface area (Å²) in [6.45, 7) is 5.12. The summed E-state index contributed by atoms with van der Waals surface area (Å²) in [5, 5.41) is 8.64. The molecule has 2 aliphatic rings. The minimum absolute atomic E-state index is 0. The number of hydrogen-bond acceptors (Lipinski definition) is 7. The number of nitrogens with one attached hydrogen (secondary N) is 1. The van der Waals surface area contributed by atoms with Crippen LogP contribution in [0.15, 0.2) is 36.9 Å². The Morgan fingerprint density at radius 2 is 1.78 bits per heavy atom. The number of carbonyl (C=O) groups excluding carboxylic acids is 1. The third kappa shape index (κ3) is 4.18. The van der Waals surface area contributed by atoms with Gasteiger partial charge in [0.2, 0.25) is 5.95 Å². The molecule has 144 valence electrons. The molecule has 4 rings (SSSR count). The van der Waals surface area contributed by atoms with Gasteiger partial charge in [-0.05, 0) is 36.0 Å². The molecule has 0 radical (unpaired) electrons. The molecule has 2 saturated heterocycles. The first kappa shape index (κ1) is 19.5. The van der Waals surface area contributed by atoms with E-state index in [0.717, 1.165) is 45.6 Å². The van der Waals surface area contributed by atoms with E-state index in [1.165, 1.54) is 18.0 Å². The van der Waals surface area contributed by atoms with Crippen molar-refractivity contribution in [1.82, 2.24) is 25.3 Å². The molecule has 2 N–H and O–H groups in total. The predicted molar refractivity (Wildman–Crippen MR) is 102 cm³/mol. The van der Waals surface area contributed by atoms with Gasteiger partial charge < -0.3 is 4.90 Å². The van der Waals surface area contributed by atoms with Crippen LogP contribution in [0.25, 0.3) is 0 Å². The monoisotopic (exact) mass is 390 g/mol. The molecule has 8 nitrogen and oxygen atoms in total. The third-order valence-electron chi connectivity index (χ3n) is 5.38. The van der Waals surface area contributed by atoms with Crippen LogP contribution < -0.4 is 10.4 Å². The minimum atomic E-state index is -0.599. The van der Waals surface area contributed by atoms with Crippen LogP contribution in [0.5, 0.6) is 0 Å². The van der Waals surface area contributed by atoms with E-state index >= 15 is 0 Å². The molecule has 0 atom stereocenters. The van der Waals surface area contributed by atoms with Crippen LogP contribution in [0.4, 0.5) is 5.95 Å². The van der Waals surface area contributed by atoms with Gasteiger partial charge in [-0.2, -0.15) is 0 Å². The summed E-state index contributed by atoms with van der Waals surface area (Å²) in [5.41, 5.74) is 3.56. The fraction of sp³-hybridized carbons (Fsp3) is 0.444. The SMILES string of the molecule is Cl.O=C(NO)c1cnc(N2CCC3(CC2)CN(Cc2ccncc2)C3)nc1. The van der Waals surface area contributed by atoms with Gasteiger partial charge in [0.05, 0.1) is 5.56 Å². The van der Waals surface area contributed by atoms with E-state index in [4.69, 9.17) is 5.21 Å². The molecule has 0 unspecified atom stereocenters. The van der Waals surface area contributed by atoms with Crippen molar-refractivity contribution < 1.29 is 10.0 Å². The first-order valence-corrected chi connectivity index (χ1v) is 8.80. The zero-order valence-electron chi connectivity index (χ0n) is 14.9. The maximum atomic E-state index is 11.3. The second kappa shape index (κ2) is 8.16. The second-order valence-electron chi connectivity index (χ2n) is 7.20. The largest absolute Gasteiger partial charge is 0.341 e. The van der Waals surface area contributed by atoms with Gasteiger partial charge in [0.1, 0.15) is 0 Å². The third-order valence-corrected chi connectivity index (χ3v) is 5.38. The van der Waals surface area contributed by atoms with E-state index in [1.54, 1.807) is 5.48 Å². The molecule has 0 aromatic carbocycles. The molecule has 0 bridgehead atoms. The average Bonchev–Trinajstić information content (AvgIpc) is 2.68. The van der Waals surface area contributed by atoms with Crippen LogP contribution in [0.3, 0.4) is 0 Å². The van der Waals surface area contributed by atoms with Crippen molar-refractivity contribution in [3.8, 4) is 0 Å². The molecular weight excluding hydrogens is 368 g/mol. The molecule has 0 aliphatic carbocycles. The lowest BCUT2D eigenvalue weighted by Gasteiger charge is -2.54. The molecule has 9 heteroatoms. The topological polar surface area (TPSA) is 94.5 Å². The minimum Gasteiger partial charge on any atom is -0.341 e. The fourth-order valence-electron chi connectivity index (χ4n) is 3.92. The highest BCUT2D eigenvalue weighted by Crippen LogP contribution is 2.41. The number of rotatable bonds is 4. The van der Waals surface area contributed by atoms with Crippen LogP contribution in [-0.2, 0) is 6.54 Å². The van der Waals surface area contributed by atoms with Gasteiger partial charge in [0.15, 0.2) is 0 Å². The highest BCUT2D eigenvalue weighted by Gasteiger charge is 2.44. The Kier molecular flexibility index (Phi) is 5.88. The summed E-state index contributed by atoms with van der Waals surface area (Å²) in [5.74, 6) is 0.0419. The first-order valence-electron chi connectivity index (χ1n) is 8.80. The number of hydroxylamine groups is 1. The Morgan fingerprint density at radius 1 is 1.15 bits per heavy atom. The normalized spacial score (nSPS) is 18.5. The van der Waals surface area contributed by atoms with E-state index in [0.29, 0.717) is 11.4 Å². The predicted octanol–water partition coefficient (Wildman–Crippen LogP) is 1.51. The van der Waals surface area contributed by atoms with E-state index in [1.807, 2.05) is 12.4 Å². The van der Waals surface area contributed by atoms with Gasteiger partial charge in [-0.25, -0.2) is 15.4 Å². The van der Waals surface area contributed by atoms with Gasteiger partial charge in [-0.3, -0.25) is 19.9 Å². The number of hydrogen-bond donors (Lipinski definition) is 2. The highest BCUT2D eigenvalue weighted by atomic mass is 35.5. The molecule has 2 aliphatic heterocycles. The number of aromatic nitrogens is 3. The van der Waals surface area contributed by atoms with Crippen molar-refractivity contribution in [3.63, 3.8) is 0 Å². The zero-order chi connectivity index (χ0) is 18.0. The van der Waals surface area contributed by atoms with Crippen LogP contribution in [0, 0.1) is 5.41 Å². The number of likely N-dealkylation sites (tertiary alicyclic amines) is 1. The standard InChI is InChI=1S/C18H22N6O2.ClH/c25-16(22-26)15-9-20-17(21-10-15)24-7-3-18(4-8-24)12-23(13-18)11-14-1-5-19-6-2-14;/h1-2,5-6,9-10,26H,3-4,7-8,11-13H2,(H,22,25);1H. The summed E-state index contributed by atoms with van der Waals surface area (Å²) in [6.07, 6.45) is 8.83. The summed E-state index contributed by atoms with van der Waals surface area (Å²) in [7, 11) is 0. The number of carbonyl (C=O) groups is 1. The lowest BCUT2D eigenvalue weighted by molar-refractivity contribution is -0.0241. The summed E-state index contributed by atoms with van der Waals surface area (Å²) < 4.78 is 0.